The fourth-order valence-electron chi connectivity index (χ4n) is 1.87. The highest BCUT2D eigenvalue weighted by molar-refractivity contribution is 9.10. The summed E-state index contributed by atoms with van der Waals surface area (Å²) in [5.74, 6) is -0.241. The molecule has 18 heavy (non-hydrogen) atoms. The van der Waals surface area contributed by atoms with Crippen LogP contribution in [0.4, 0.5) is 0 Å². The Labute approximate surface area is 114 Å². The molecule has 0 heterocycles. The van der Waals surface area contributed by atoms with Crippen LogP contribution in [0.15, 0.2) is 22.7 Å². The lowest BCUT2D eigenvalue weighted by Gasteiger charge is -2.24. The first-order valence-corrected chi connectivity index (χ1v) is 6.27. The van der Waals surface area contributed by atoms with Gasteiger partial charge in [-0.3, -0.25) is 4.79 Å². The molecule has 0 aliphatic heterocycles. The summed E-state index contributed by atoms with van der Waals surface area (Å²) in [5, 5.41) is 11.8. The topological polar surface area (TPSA) is 84.6 Å². The van der Waals surface area contributed by atoms with Crippen molar-refractivity contribution in [3.05, 3.63) is 28.2 Å². The van der Waals surface area contributed by atoms with E-state index in [1.165, 1.54) is 0 Å². The van der Waals surface area contributed by atoms with Gasteiger partial charge in [0.15, 0.2) is 0 Å². The van der Waals surface area contributed by atoms with E-state index in [1.54, 1.807) is 14.2 Å². The standard InChI is InChI=1S/C12H17BrN2O3/c1-15-12(9(14)6-11(16)17)8-5-7(13)3-4-10(8)18-2/h3-5,9,12,15H,6,14H2,1-2H3,(H,16,17). The van der Waals surface area contributed by atoms with Crippen molar-refractivity contribution in [2.75, 3.05) is 14.2 Å². The van der Waals surface area contributed by atoms with Gasteiger partial charge in [0.1, 0.15) is 5.75 Å². The maximum absolute atomic E-state index is 10.7. The molecule has 0 saturated carbocycles. The lowest BCUT2D eigenvalue weighted by molar-refractivity contribution is -0.137. The highest BCUT2D eigenvalue weighted by atomic mass is 79.9. The van der Waals surface area contributed by atoms with Crippen LogP contribution in [-0.4, -0.2) is 31.3 Å². The zero-order chi connectivity index (χ0) is 13.7. The molecule has 1 rings (SSSR count). The molecule has 0 amide bonds. The number of nitrogens with one attached hydrogen (secondary N) is 1. The maximum atomic E-state index is 10.7. The van der Waals surface area contributed by atoms with Gasteiger partial charge in [-0.05, 0) is 25.2 Å². The van der Waals surface area contributed by atoms with Crippen molar-refractivity contribution >= 4 is 21.9 Å². The number of nitrogens with two attached hydrogens (primary N) is 1. The smallest absolute Gasteiger partial charge is 0.304 e. The zero-order valence-corrected chi connectivity index (χ0v) is 11.9. The number of rotatable bonds is 6. The van der Waals surface area contributed by atoms with Crippen molar-refractivity contribution in [2.24, 2.45) is 5.73 Å². The highest BCUT2D eigenvalue weighted by Gasteiger charge is 2.23. The molecular weight excluding hydrogens is 300 g/mol. The first-order valence-electron chi connectivity index (χ1n) is 5.47. The average Bonchev–Trinajstić information content (AvgIpc) is 2.29. The van der Waals surface area contributed by atoms with Crippen molar-refractivity contribution in [3.8, 4) is 5.75 Å². The van der Waals surface area contributed by atoms with Gasteiger partial charge in [0, 0.05) is 16.1 Å². The highest BCUT2D eigenvalue weighted by Crippen LogP contribution is 2.30. The van der Waals surface area contributed by atoms with E-state index < -0.39 is 12.0 Å². The summed E-state index contributed by atoms with van der Waals surface area (Å²) < 4.78 is 6.16. The van der Waals surface area contributed by atoms with E-state index >= 15 is 0 Å². The van der Waals surface area contributed by atoms with Gasteiger partial charge in [0.25, 0.3) is 0 Å². The minimum Gasteiger partial charge on any atom is -0.496 e. The van der Waals surface area contributed by atoms with Gasteiger partial charge < -0.3 is 20.9 Å². The summed E-state index contributed by atoms with van der Waals surface area (Å²) in [6.07, 6.45) is -0.110. The minimum atomic E-state index is -0.920. The van der Waals surface area contributed by atoms with Crippen LogP contribution in [0.5, 0.6) is 5.75 Å². The third kappa shape index (κ3) is 3.69. The molecular formula is C12H17BrN2O3. The minimum absolute atomic E-state index is 0.110. The molecule has 0 spiro atoms. The van der Waals surface area contributed by atoms with Crippen LogP contribution in [0, 0.1) is 0 Å². The van der Waals surface area contributed by atoms with Gasteiger partial charge >= 0.3 is 5.97 Å². The quantitative estimate of drug-likeness (QED) is 0.741. The number of benzene rings is 1. The number of carboxylic acid groups (broad SMARTS) is 1. The van der Waals surface area contributed by atoms with Gasteiger partial charge in [-0.1, -0.05) is 15.9 Å². The fourth-order valence-corrected chi connectivity index (χ4v) is 2.25. The summed E-state index contributed by atoms with van der Waals surface area (Å²) in [4.78, 5) is 10.7. The van der Waals surface area contributed by atoms with E-state index in [0.29, 0.717) is 5.75 Å². The van der Waals surface area contributed by atoms with Crippen molar-refractivity contribution in [3.63, 3.8) is 0 Å². The Kier molecular flexibility index (Phi) is 5.58. The summed E-state index contributed by atoms with van der Waals surface area (Å²) in [7, 11) is 3.31. The largest absolute Gasteiger partial charge is 0.496 e. The number of likely N-dealkylation sites (N-methyl/N-ethyl adjacent to an activating group) is 1. The summed E-state index contributed by atoms with van der Waals surface area (Å²) in [6, 6.07) is 4.74. The monoisotopic (exact) mass is 316 g/mol. The van der Waals surface area contributed by atoms with E-state index in [2.05, 4.69) is 21.2 Å². The van der Waals surface area contributed by atoms with E-state index in [9.17, 15) is 4.79 Å². The Balaban J connectivity index is 3.07. The van der Waals surface area contributed by atoms with Crippen LogP contribution < -0.4 is 15.8 Å². The summed E-state index contributed by atoms with van der Waals surface area (Å²) >= 11 is 3.38. The van der Waals surface area contributed by atoms with Gasteiger partial charge in [-0.25, -0.2) is 0 Å². The fraction of sp³-hybridized carbons (Fsp3) is 0.417. The van der Waals surface area contributed by atoms with Crippen LogP contribution in [0.3, 0.4) is 0 Å². The molecule has 6 heteroatoms. The molecule has 2 unspecified atom stereocenters. The van der Waals surface area contributed by atoms with Gasteiger partial charge in [-0.15, -0.1) is 0 Å². The second kappa shape index (κ2) is 6.72. The zero-order valence-electron chi connectivity index (χ0n) is 10.3. The Morgan fingerprint density at radius 1 is 1.61 bits per heavy atom. The van der Waals surface area contributed by atoms with Crippen molar-refractivity contribution < 1.29 is 14.6 Å². The molecule has 0 aliphatic rings. The van der Waals surface area contributed by atoms with E-state index in [4.69, 9.17) is 15.6 Å². The van der Waals surface area contributed by atoms with Crippen molar-refractivity contribution in [1.82, 2.24) is 5.32 Å². The van der Waals surface area contributed by atoms with Crippen LogP contribution in [0.25, 0.3) is 0 Å². The first-order chi connectivity index (χ1) is 8.49. The second-order valence-electron chi connectivity index (χ2n) is 3.91. The number of ether oxygens (including phenoxy) is 1. The number of aliphatic carboxylic acids is 1. The maximum Gasteiger partial charge on any atom is 0.304 e. The molecule has 0 aliphatic carbocycles. The van der Waals surface area contributed by atoms with Gasteiger partial charge in [-0.2, -0.15) is 0 Å². The van der Waals surface area contributed by atoms with Crippen molar-refractivity contribution in [2.45, 2.75) is 18.5 Å². The lowest BCUT2D eigenvalue weighted by Crippen LogP contribution is -2.38. The molecule has 2 atom stereocenters. The van der Waals surface area contributed by atoms with Crippen LogP contribution >= 0.6 is 15.9 Å². The van der Waals surface area contributed by atoms with Crippen LogP contribution in [-0.2, 0) is 4.79 Å². The SMILES string of the molecule is CNC(c1cc(Br)ccc1OC)C(N)CC(=O)O. The normalized spacial score (nSPS) is 14.0. The summed E-state index contributed by atoms with van der Waals surface area (Å²) in [6.45, 7) is 0. The molecule has 0 radical (unpaired) electrons. The molecule has 0 bridgehead atoms. The van der Waals surface area contributed by atoms with Gasteiger partial charge in [0.05, 0.1) is 19.6 Å². The lowest BCUT2D eigenvalue weighted by atomic mass is 9.97. The first kappa shape index (κ1) is 14.9. The molecule has 5 nitrogen and oxygen atoms in total. The Morgan fingerprint density at radius 3 is 2.78 bits per heavy atom. The van der Waals surface area contributed by atoms with Crippen LogP contribution in [0.2, 0.25) is 0 Å². The number of methoxy groups -OCH3 is 1. The predicted octanol–water partition coefficient (Wildman–Crippen LogP) is 1.52. The molecule has 4 N–H and O–H groups in total. The average molecular weight is 317 g/mol. The van der Waals surface area contributed by atoms with E-state index in [-0.39, 0.29) is 12.5 Å². The van der Waals surface area contributed by atoms with E-state index in [1.807, 2.05) is 18.2 Å². The molecule has 0 aromatic heterocycles. The molecule has 1 aromatic carbocycles. The Hall–Kier alpha value is -1.11. The third-order valence-corrected chi connectivity index (χ3v) is 3.17. The number of halogens is 1. The third-order valence-electron chi connectivity index (χ3n) is 2.68. The van der Waals surface area contributed by atoms with Gasteiger partial charge in [0.2, 0.25) is 0 Å². The Bertz CT molecular complexity index is 426. The summed E-state index contributed by atoms with van der Waals surface area (Å²) in [5.41, 5.74) is 6.76. The number of hydrogen-bond donors (Lipinski definition) is 3. The van der Waals surface area contributed by atoms with Crippen LogP contribution in [0.1, 0.15) is 18.0 Å². The second-order valence-corrected chi connectivity index (χ2v) is 4.83. The number of hydrogen-bond acceptors (Lipinski definition) is 4. The molecule has 100 valence electrons. The number of carbonyl (C=O) groups is 1. The molecule has 0 saturated heterocycles. The molecule has 0 fully saturated rings. The number of carboxylic acids is 1. The van der Waals surface area contributed by atoms with Crippen molar-refractivity contribution in [1.29, 1.82) is 0 Å². The molecule has 1 aromatic rings. The van der Waals surface area contributed by atoms with E-state index in [0.717, 1.165) is 10.0 Å². The Morgan fingerprint density at radius 2 is 2.28 bits per heavy atom. The predicted molar refractivity (Wildman–Crippen MR) is 72.7 cm³/mol.